The molecule has 0 unspecified atom stereocenters. The molecular formula is C23H25ClN2O3S. The highest BCUT2D eigenvalue weighted by molar-refractivity contribution is 8.05. The largest absolute Gasteiger partial charge is 0.490 e. The van der Waals surface area contributed by atoms with E-state index >= 15 is 0 Å². The van der Waals surface area contributed by atoms with Crippen LogP contribution in [0.4, 0.5) is 5.69 Å². The van der Waals surface area contributed by atoms with Crippen molar-refractivity contribution in [1.82, 2.24) is 5.32 Å². The highest BCUT2D eigenvalue weighted by atomic mass is 35.5. The lowest BCUT2D eigenvalue weighted by Crippen LogP contribution is -2.30. The summed E-state index contributed by atoms with van der Waals surface area (Å²) in [6.45, 7) is 8.45. The second kappa shape index (κ2) is 10.5. The molecule has 158 valence electrons. The van der Waals surface area contributed by atoms with Gasteiger partial charge in [-0.05, 0) is 54.8 Å². The van der Waals surface area contributed by atoms with Crippen molar-refractivity contribution >= 4 is 41.0 Å². The Morgan fingerprint density at radius 2 is 2.00 bits per heavy atom. The van der Waals surface area contributed by atoms with Crippen LogP contribution in [-0.2, 0) is 11.2 Å². The standard InChI is InChI=1S/C23H25ClN2O3S/c1-4-11-29-21-18(24)12-16(13-19(21)28-6-3)14-20-22(27)26-23(30-20)25-17-9-7-15(5-2)8-10-17/h4,7-10,12-14,23,25H,1,5-6,11H2,2-3H3,(H,26,27)/b20-14-/t23-/m0/s1. The van der Waals surface area contributed by atoms with Gasteiger partial charge in [0.2, 0.25) is 0 Å². The van der Waals surface area contributed by atoms with Gasteiger partial charge in [0.25, 0.3) is 5.91 Å². The maximum absolute atomic E-state index is 12.4. The fourth-order valence-electron chi connectivity index (χ4n) is 2.92. The molecule has 0 spiro atoms. The van der Waals surface area contributed by atoms with Gasteiger partial charge in [-0.3, -0.25) is 4.79 Å². The second-order valence-corrected chi connectivity index (χ2v) is 8.09. The first-order chi connectivity index (χ1) is 14.5. The molecular weight excluding hydrogens is 420 g/mol. The van der Waals surface area contributed by atoms with E-state index in [4.69, 9.17) is 21.1 Å². The highest BCUT2D eigenvalue weighted by Gasteiger charge is 2.27. The van der Waals surface area contributed by atoms with E-state index in [0.29, 0.717) is 34.6 Å². The predicted molar refractivity (Wildman–Crippen MR) is 125 cm³/mol. The third kappa shape index (κ3) is 5.52. The lowest BCUT2D eigenvalue weighted by molar-refractivity contribution is -0.116. The van der Waals surface area contributed by atoms with Crippen molar-refractivity contribution in [3.05, 3.63) is 70.1 Å². The normalized spacial score (nSPS) is 17.0. The molecule has 0 radical (unpaired) electrons. The molecule has 1 amide bonds. The summed E-state index contributed by atoms with van der Waals surface area (Å²) in [6.07, 6.45) is 4.43. The SMILES string of the molecule is C=CCOc1c(Cl)cc(/C=C2\S[C@@H](Nc3ccc(CC)cc3)NC2=O)cc1OCC. The molecule has 5 nitrogen and oxygen atoms in total. The summed E-state index contributed by atoms with van der Waals surface area (Å²) in [4.78, 5) is 13.0. The number of anilines is 1. The van der Waals surface area contributed by atoms with Crippen LogP contribution in [0.1, 0.15) is 25.0 Å². The number of hydrogen-bond acceptors (Lipinski definition) is 5. The van der Waals surface area contributed by atoms with Gasteiger partial charge in [0, 0.05) is 5.69 Å². The van der Waals surface area contributed by atoms with E-state index in [0.717, 1.165) is 17.7 Å². The molecule has 0 bridgehead atoms. The average Bonchev–Trinajstić information content (AvgIpc) is 3.07. The van der Waals surface area contributed by atoms with Gasteiger partial charge in [-0.25, -0.2) is 0 Å². The van der Waals surface area contributed by atoms with Crippen molar-refractivity contribution in [3.63, 3.8) is 0 Å². The van der Waals surface area contributed by atoms with Crippen molar-refractivity contribution in [3.8, 4) is 11.5 Å². The van der Waals surface area contributed by atoms with Crippen LogP contribution >= 0.6 is 23.4 Å². The minimum absolute atomic E-state index is 0.135. The lowest BCUT2D eigenvalue weighted by atomic mass is 10.1. The number of hydrogen-bond donors (Lipinski definition) is 2. The maximum Gasteiger partial charge on any atom is 0.260 e. The van der Waals surface area contributed by atoms with Gasteiger partial charge in [-0.15, -0.1) is 0 Å². The Kier molecular flexibility index (Phi) is 7.71. The Morgan fingerprint density at radius 3 is 2.67 bits per heavy atom. The average molecular weight is 445 g/mol. The molecule has 2 N–H and O–H groups in total. The molecule has 1 aliphatic heterocycles. The number of nitrogens with one attached hydrogen (secondary N) is 2. The van der Waals surface area contributed by atoms with Crippen molar-refractivity contribution < 1.29 is 14.3 Å². The Bertz CT molecular complexity index is 944. The molecule has 2 aromatic carbocycles. The fraction of sp³-hybridized carbons (Fsp3) is 0.261. The third-order valence-corrected chi connectivity index (χ3v) is 5.68. The van der Waals surface area contributed by atoms with Crippen LogP contribution in [0, 0.1) is 0 Å². The van der Waals surface area contributed by atoms with Crippen molar-refractivity contribution in [2.45, 2.75) is 25.8 Å². The van der Waals surface area contributed by atoms with E-state index < -0.39 is 0 Å². The topological polar surface area (TPSA) is 59.6 Å². The number of thioether (sulfide) groups is 1. The van der Waals surface area contributed by atoms with E-state index in [1.54, 1.807) is 18.2 Å². The molecule has 0 saturated carbocycles. The molecule has 1 aliphatic rings. The minimum Gasteiger partial charge on any atom is -0.490 e. The summed E-state index contributed by atoms with van der Waals surface area (Å²) in [5, 5.41) is 6.68. The number of ether oxygens (including phenoxy) is 2. The van der Waals surface area contributed by atoms with Gasteiger partial charge in [0.15, 0.2) is 17.0 Å². The van der Waals surface area contributed by atoms with Gasteiger partial charge in [-0.1, -0.05) is 55.1 Å². The molecule has 1 atom stereocenters. The monoisotopic (exact) mass is 444 g/mol. The zero-order chi connectivity index (χ0) is 21.5. The molecule has 7 heteroatoms. The third-order valence-electron chi connectivity index (χ3n) is 4.37. The number of carbonyl (C=O) groups excluding carboxylic acids is 1. The maximum atomic E-state index is 12.4. The summed E-state index contributed by atoms with van der Waals surface area (Å²) in [5.41, 5.74) is 2.75. The van der Waals surface area contributed by atoms with Crippen molar-refractivity contribution in [2.75, 3.05) is 18.5 Å². The zero-order valence-electron chi connectivity index (χ0n) is 17.0. The van der Waals surface area contributed by atoms with Gasteiger partial charge in [0.05, 0.1) is 16.5 Å². The summed E-state index contributed by atoms with van der Waals surface area (Å²) in [5.74, 6) is 0.871. The zero-order valence-corrected chi connectivity index (χ0v) is 18.6. The van der Waals surface area contributed by atoms with Gasteiger partial charge < -0.3 is 20.1 Å². The summed E-state index contributed by atoms with van der Waals surface area (Å²) in [7, 11) is 0. The molecule has 1 fully saturated rings. The first-order valence-corrected chi connectivity index (χ1v) is 11.0. The number of rotatable bonds is 9. The van der Waals surface area contributed by atoms with E-state index in [9.17, 15) is 4.79 Å². The van der Waals surface area contributed by atoms with E-state index in [-0.39, 0.29) is 11.4 Å². The van der Waals surface area contributed by atoms with Crippen molar-refractivity contribution in [2.24, 2.45) is 0 Å². The molecule has 1 heterocycles. The van der Waals surface area contributed by atoms with Crippen LogP contribution in [0.15, 0.2) is 54.0 Å². The quantitative estimate of drug-likeness (QED) is 0.397. The van der Waals surface area contributed by atoms with Crippen LogP contribution in [0.2, 0.25) is 5.02 Å². The van der Waals surface area contributed by atoms with Crippen LogP contribution in [-0.4, -0.2) is 24.6 Å². The van der Waals surface area contributed by atoms with Crippen LogP contribution in [0.5, 0.6) is 11.5 Å². The van der Waals surface area contributed by atoms with E-state index in [1.165, 1.54) is 17.3 Å². The highest BCUT2D eigenvalue weighted by Crippen LogP contribution is 2.38. The number of halogens is 1. The summed E-state index contributed by atoms with van der Waals surface area (Å²) < 4.78 is 11.3. The van der Waals surface area contributed by atoms with Crippen LogP contribution in [0.3, 0.4) is 0 Å². The van der Waals surface area contributed by atoms with Gasteiger partial charge in [0.1, 0.15) is 6.61 Å². The molecule has 30 heavy (non-hydrogen) atoms. The number of amides is 1. The first kappa shape index (κ1) is 22.1. The fourth-order valence-corrected chi connectivity index (χ4v) is 4.18. The van der Waals surface area contributed by atoms with Crippen LogP contribution < -0.4 is 20.1 Å². The Hall–Kier alpha value is -2.57. The van der Waals surface area contributed by atoms with E-state index in [1.807, 2.05) is 25.1 Å². The predicted octanol–water partition coefficient (Wildman–Crippen LogP) is 5.47. The molecule has 1 saturated heterocycles. The molecule has 3 rings (SSSR count). The summed E-state index contributed by atoms with van der Waals surface area (Å²) >= 11 is 7.82. The first-order valence-electron chi connectivity index (χ1n) is 9.78. The minimum atomic E-state index is -0.242. The Morgan fingerprint density at radius 1 is 1.23 bits per heavy atom. The molecule has 0 aliphatic carbocycles. The lowest BCUT2D eigenvalue weighted by Gasteiger charge is -2.13. The number of benzene rings is 2. The molecule has 0 aromatic heterocycles. The summed E-state index contributed by atoms with van der Waals surface area (Å²) in [6, 6.07) is 11.8. The number of aryl methyl sites for hydroxylation is 1. The Labute approximate surface area is 186 Å². The Balaban J connectivity index is 1.76. The second-order valence-electron chi connectivity index (χ2n) is 6.54. The van der Waals surface area contributed by atoms with Gasteiger partial charge in [-0.2, -0.15) is 0 Å². The number of carbonyl (C=O) groups is 1. The van der Waals surface area contributed by atoms with Crippen LogP contribution in [0.25, 0.3) is 6.08 Å². The van der Waals surface area contributed by atoms with E-state index in [2.05, 4.69) is 36.3 Å². The van der Waals surface area contributed by atoms with Crippen molar-refractivity contribution in [1.29, 1.82) is 0 Å². The smallest absolute Gasteiger partial charge is 0.260 e. The molecule has 2 aromatic rings. The van der Waals surface area contributed by atoms with Gasteiger partial charge >= 0.3 is 0 Å².